The molecule has 160 valence electrons. The summed E-state index contributed by atoms with van der Waals surface area (Å²) in [4.78, 5) is 24.8. The first-order chi connectivity index (χ1) is 15.0. The van der Waals surface area contributed by atoms with Gasteiger partial charge < -0.3 is 16.0 Å². The van der Waals surface area contributed by atoms with E-state index in [9.17, 15) is 14.0 Å². The maximum atomic E-state index is 13.3. The fraction of sp³-hybridized carbons (Fsp3) is 0.261. The lowest BCUT2D eigenvalue weighted by molar-refractivity contribution is 0.102. The average Bonchev–Trinajstić information content (AvgIpc) is 3.15. The molecule has 2 aromatic carbocycles. The van der Waals surface area contributed by atoms with E-state index in [2.05, 4.69) is 21.0 Å². The minimum atomic E-state index is -0.316. The van der Waals surface area contributed by atoms with Crippen LogP contribution in [0.2, 0.25) is 0 Å². The van der Waals surface area contributed by atoms with Crippen LogP contribution in [-0.4, -0.2) is 28.3 Å². The molecule has 0 radical (unpaired) electrons. The number of nitrogens with zero attached hydrogens (tertiary/aromatic N) is 2. The number of benzene rings is 2. The van der Waals surface area contributed by atoms with Crippen LogP contribution >= 0.6 is 0 Å². The predicted molar refractivity (Wildman–Crippen MR) is 117 cm³/mol. The van der Waals surface area contributed by atoms with Crippen LogP contribution in [0.25, 0.3) is 5.69 Å². The second-order valence-electron chi connectivity index (χ2n) is 7.39. The first-order valence-electron chi connectivity index (χ1n) is 10.4. The van der Waals surface area contributed by atoms with Crippen LogP contribution in [-0.2, 0) is 12.8 Å². The van der Waals surface area contributed by atoms with E-state index in [-0.39, 0.29) is 17.8 Å². The van der Waals surface area contributed by atoms with Crippen molar-refractivity contribution in [1.82, 2.24) is 15.1 Å². The quantitative estimate of drug-likeness (QED) is 0.574. The van der Waals surface area contributed by atoms with E-state index in [1.54, 1.807) is 41.1 Å². The fourth-order valence-electron chi connectivity index (χ4n) is 3.78. The average molecular weight is 421 g/mol. The molecule has 3 amide bonds. The van der Waals surface area contributed by atoms with Crippen molar-refractivity contribution in [3.05, 3.63) is 71.3 Å². The third-order valence-corrected chi connectivity index (χ3v) is 5.18. The Labute approximate surface area is 179 Å². The normalized spacial score (nSPS) is 12.7. The summed E-state index contributed by atoms with van der Waals surface area (Å²) in [6.07, 6.45) is 3.61. The summed E-state index contributed by atoms with van der Waals surface area (Å²) in [6.45, 7) is 2.35. The van der Waals surface area contributed by atoms with E-state index < -0.39 is 0 Å². The van der Waals surface area contributed by atoms with Gasteiger partial charge in [-0.25, -0.2) is 13.9 Å². The molecule has 3 N–H and O–H groups in total. The zero-order valence-corrected chi connectivity index (χ0v) is 17.2. The van der Waals surface area contributed by atoms with Crippen LogP contribution in [0.15, 0.2) is 48.5 Å². The van der Waals surface area contributed by atoms with Gasteiger partial charge in [0.15, 0.2) is 5.69 Å². The number of urea groups is 1. The van der Waals surface area contributed by atoms with Crippen molar-refractivity contribution in [2.24, 2.45) is 0 Å². The van der Waals surface area contributed by atoms with Crippen molar-refractivity contribution < 1.29 is 14.0 Å². The van der Waals surface area contributed by atoms with Crippen molar-refractivity contribution in [3.8, 4) is 5.69 Å². The van der Waals surface area contributed by atoms with Crippen LogP contribution in [0.3, 0.4) is 0 Å². The van der Waals surface area contributed by atoms with Crippen LogP contribution in [0.1, 0.15) is 41.5 Å². The molecule has 7 nitrogen and oxygen atoms in total. The summed E-state index contributed by atoms with van der Waals surface area (Å²) in [6, 6.07) is 12.7. The molecule has 0 bridgehead atoms. The van der Waals surface area contributed by atoms with Crippen LogP contribution in [0.4, 0.5) is 20.6 Å². The van der Waals surface area contributed by atoms with Gasteiger partial charge >= 0.3 is 6.03 Å². The lowest BCUT2D eigenvalue weighted by Gasteiger charge is -2.14. The van der Waals surface area contributed by atoms with Crippen LogP contribution in [0, 0.1) is 5.82 Å². The van der Waals surface area contributed by atoms with E-state index in [0.29, 0.717) is 23.6 Å². The number of aromatic nitrogens is 2. The molecule has 1 aromatic heterocycles. The predicted octanol–water partition coefficient (Wildman–Crippen LogP) is 4.28. The van der Waals surface area contributed by atoms with Gasteiger partial charge in [-0.05, 0) is 75.1 Å². The van der Waals surface area contributed by atoms with E-state index in [4.69, 9.17) is 0 Å². The number of carbonyl (C=O) groups excluding carboxylic acids is 2. The second kappa shape index (κ2) is 8.99. The summed E-state index contributed by atoms with van der Waals surface area (Å²) in [5, 5.41) is 12.9. The summed E-state index contributed by atoms with van der Waals surface area (Å²) < 4.78 is 15.1. The van der Waals surface area contributed by atoms with E-state index >= 15 is 0 Å². The van der Waals surface area contributed by atoms with Crippen LogP contribution < -0.4 is 16.0 Å². The maximum absolute atomic E-state index is 13.3. The maximum Gasteiger partial charge on any atom is 0.319 e. The molecule has 1 aliphatic carbocycles. The molecule has 4 rings (SSSR count). The highest BCUT2D eigenvalue weighted by atomic mass is 19.1. The van der Waals surface area contributed by atoms with Crippen molar-refractivity contribution in [2.45, 2.75) is 32.6 Å². The molecular weight excluding hydrogens is 397 g/mol. The smallest absolute Gasteiger partial charge is 0.319 e. The van der Waals surface area contributed by atoms with Gasteiger partial charge in [0.25, 0.3) is 5.91 Å². The number of anilines is 2. The largest absolute Gasteiger partial charge is 0.338 e. The van der Waals surface area contributed by atoms with Gasteiger partial charge in [0.05, 0.1) is 5.69 Å². The molecule has 8 heteroatoms. The Hall–Kier alpha value is -3.68. The molecule has 0 aliphatic heterocycles. The number of hydrogen-bond acceptors (Lipinski definition) is 3. The molecule has 0 atom stereocenters. The highest BCUT2D eigenvalue weighted by molar-refractivity contribution is 6.04. The van der Waals surface area contributed by atoms with E-state index in [0.717, 1.165) is 42.6 Å². The molecule has 3 aromatic rings. The van der Waals surface area contributed by atoms with Crippen LogP contribution in [0.5, 0.6) is 0 Å². The van der Waals surface area contributed by atoms with Gasteiger partial charge in [-0.3, -0.25) is 4.79 Å². The summed E-state index contributed by atoms with van der Waals surface area (Å²) in [5.74, 6) is -0.627. The highest BCUT2D eigenvalue weighted by Crippen LogP contribution is 2.28. The van der Waals surface area contributed by atoms with Gasteiger partial charge in [-0.1, -0.05) is 6.07 Å². The topological polar surface area (TPSA) is 88.1 Å². The van der Waals surface area contributed by atoms with E-state index in [1.165, 1.54) is 12.1 Å². The number of halogens is 1. The van der Waals surface area contributed by atoms with Gasteiger partial charge in [-0.2, -0.15) is 5.10 Å². The Morgan fingerprint density at radius 2 is 1.74 bits per heavy atom. The van der Waals surface area contributed by atoms with Gasteiger partial charge in [0.2, 0.25) is 0 Å². The molecule has 1 heterocycles. The van der Waals surface area contributed by atoms with Crippen molar-refractivity contribution >= 4 is 23.3 Å². The third kappa shape index (κ3) is 4.58. The van der Waals surface area contributed by atoms with Crippen molar-refractivity contribution in [1.29, 1.82) is 0 Å². The first-order valence-corrected chi connectivity index (χ1v) is 10.4. The lowest BCUT2D eigenvalue weighted by Crippen LogP contribution is -2.28. The SMILES string of the molecule is CCNC(=O)Nc1cccc(NC(=O)c2nn(-c3ccc(F)cc3)c3c2CCCC3)c1. The molecule has 0 saturated heterocycles. The van der Waals surface area contributed by atoms with Gasteiger partial charge in [0, 0.05) is 29.2 Å². The number of hydrogen-bond donors (Lipinski definition) is 3. The fourth-order valence-corrected chi connectivity index (χ4v) is 3.78. The number of amides is 3. The molecule has 31 heavy (non-hydrogen) atoms. The Morgan fingerprint density at radius 1 is 1.03 bits per heavy atom. The Bertz CT molecular complexity index is 1110. The highest BCUT2D eigenvalue weighted by Gasteiger charge is 2.25. The number of carbonyl (C=O) groups is 2. The Kier molecular flexibility index (Phi) is 5.97. The minimum Gasteiger partial charge on any atom is -0.338 e. The monoisotopic (exact) mass is 421 g/mol. The van der Waals surface area contributed by atoms with Gasteiger partial charge in [-0.15, -0.1) is 0 Å². The molecule has 0 saturated carbocycles. The van der Waals surface area contributed by atoms with E-state index in [1.807, 2.05) is 6.92 Å². The van der Waals surface area contributed by atoms with Crippen molar-refractivity contribution in [2.75, 3.05) is 17.2 Å². The summed E-state index contributed by atoms with van der Waals surface area (Å²) in [7, 11) is 0. The molecule has 0 spiro atoms. The number of rotatable bonds is 5. The zero-order chi connectivity index (χ0) is 21.8. The minimum absolute atomic E-state index is 0.307. The molecular formula is C23H24FN5O2. The lowest BCUT2D eigenvalue weighted by atomic mass is 9.95. The first kappa shape index (κ1) is 20.6. The standard InChI is InChI=1S/C23H24FN5O2/c1-2-25-23(31)27-17-7-5-6-16(14-17)26-22(30)21-19-8-3-4-9-20(19)29(28-21)18-12-10-15(24)11-13-18/h5-7,10-14H,2-4,8-9H2,1H3,(H,26,30)(H2,25,27,31). The second-order valence-corrected chi connectivity index (χ2v) is 7.39. The summed E-state index contributed by atoms with van der Waals surface area (Å²) in [5.41, 5.74) is 4.16. The van der Waals surface area contributed by atoms with Gasteiger partial charge in [0.1, 0.15) is 5.82 Å². The molecule has 0 fully saturated rings. The number of nitrogens with one attached hydrogen (secondary N) is 3. The van der Waals surface area contributed by atoms with Crippen molar-refractivity contribution in [3.63, 3.8) is 0 Å². The third-order valence-electron chi connectivity index (χ3n) is 5.18. The zero-order valence-electron chi connectivity index (χ0n) is 17.2. The Balaban J connectivity index is 1.59. The summed E-state index contributed by atoms with van der Waals surface area (Å²) >= 11 is 0. The number of fused-ring (bicyclic) bond motifs is 1. The molecule has 0 unspecified atom stereocenters. The Morgan fingerprint density at radius 3 is 2.48 bits per heavy atom. The molecule has 1 aliphatic rings.